The molecule has 1 saturated carbocycles. The molecule has 1 rings (SSSR count). The fraction of sp³-hybridized carbons (Fsp3) is 0.889. The van der Waals surface area contributed by atoms with Crippen LogP contribution in [-0.4, -0.2) is 25.2 Å². The van der Waals surface area contributed by atoms with Crippen LogP contribution in [0.1, 0.15) is 26.7 Å². The van der Waals surface area contributed by atoms with E-state index in [0.29, 0.717) is 12.6 Å². The minimum atomic E-state index is -0.0920. The molecule has 1 atom stereocenters. The van der Waals surface area contributed by atoms with Gasteiger partial charge in [0.1, 0.15) is 0 Å². The highest BCUT2D eigenvalue weighted by Gasteiger charge is 2.22. The Morgan fingerprint density at radius 3 is 2.83 bits per heavy atom. The van der Waals surface area contributed by atoms with E-state index in [-0.39, 0.29) is 11.9 Å². The Balaban J connectivity index is 2.07. The molecule has 1 aliphatic rings. The molecule has 0 aromatic heterocycles. The zero-order chi connectivity index (χ0) is 8.97. The van der Waals surface area contributed by atoms with Gasteiger partial charge in [0.05, 0.1) is 12.5 Å². The van der Waals surface area contributed by atoms with Crippen LogP contribution in [0.5, 0.6) is 0 Å². The van der Waals surface area contributed by atoms with E-state index in [4.69, 9.17) is 4.74 Å². The molecule has 0 saturated heterocycles. The molecule has 0 heterocycles. The van der Waals surface area contributed by atoms with Gasteiger partial charge < -0.3 is 10.1 Å². The Kier molecular flexibility index (Phi) is 3.53. The van der Waals surface area contributed by atoms with E-state index in [9.17, 15) is 4.79 Å². The van der Waals surface area contributed by atoms with Gasteiger partial charge in [0.2, 0.25) is 0 Å². The predicted molar refractivity (Wildman–Crippen MR) is 46.8 cm³/mol. The smallest absolute Gasteiger partial charge is 0.309 e. The number of hydrogen-bond donors (Lipinski definition) is 1. The van der Waals surface area contributed by atoms with Crippen LogP contribution >= 0.6 is 0 Å². The lowest BCUT2D eigenvalue weighted by molar-refractivity contribution is -0.147. The summed E-state index contributed by atoms with van der Waals surface area (Å²) in [7, 11) is 0. The largest absolute Gasteiger partial charge is 0.466 e. The molecule has 0 spiro atoms. The summed E-state index contributed by atoms with van der Waals surface area (Å²) >= 11 is 0. The molecule has 0 unspecified atom stereocenters. The van der Waals surface area contributed by atoms with Gasteiger partial charge >= 0.3 is 5.97 Å². The van der Waals surface area contributed by atoms with Gasteiger partial charge in [-0.25, -0.2) is 0 Å². The summed E-state index contributed by atoms with van der Waals surface area (Å²) in [5.74, 6) is -0.101. The maximum absolute atomic E-state index is 11.1. The first kappa shape index (κ1) is 9.52. The minimum Gasteiger partial charge on any atom is -0.466 e. The van der Waals surface area contributed by atoms with Crippen molar-refractivity contribution in [2.45, 2.75) is 32.7 Å². The average molecular weight is 171 g/mol. The molecule has 0 aromatic rings. The van der Waals surface area contributed by atoms with E-state index in [1.807, 2.05) is 13.8 Å². The van der Waals surface area contributed by atoms with Crippen molar-refractivity contribution in [1.29, 1.82) is 0 Å². The first-order chi connectivity index (χ1) is 5.74. The van der Waals surface area contributed by atoms with Crippen molar-refractivity contribution in [1.82, 2.24) is 5.32 Å². The van der Waals surface area contributed by atoms with Crippen LogP contribution in [0.4, 0.5) is 0 Å². The minimum absolute atomic E-state index is 0.00875. The molecule has 1 fully saturated rings. The quantitative estimate of drug-likeness (QED) is 0.625. The van der Waals surface area contributed by atoms with E-state index in [1.54, 1.807) is 0 Å². The lowest BCUT2D eigenvalue weighted by Crippen LogP contribution is -2.29. The Bertz CT molecular complexity index is 155. The molecule has 0 aromatic carbocycles. The number of nitrogens with one attached hydrogen (secondary N) is 1. The third-order valence-electron chi connectivity index (χ3n) is 1.98. The average Bonchev–Trinajstić information content (AvgIpc) is 2.83. The zero-order valence-corrected chi connectivity index (χ0v) is 7.80. The van der Waals surface area contributed by atoms with E-state index < -0.39 is 0 Å². The van der Waals surface area contributed by atoms with Crippen molar-refractivity contribution in [3.8, 4) is 0 Å². The zero-order valence-electron chi connectivity index (χ0n) is 7.80. The molecule has 0 amide bonds. The van der Waals surface area contributed by atoms with Gasteiger partial charge in [-0.2, -0.15) is 0 Å². The maximum Gasteiger partial charge on any atom is 0.309 e. The van der Waals surface area contributed by atoms with Gasteiger partial charge in [0, 0.05) is 12.6 Å². The van der Waals surface area contributed by atoms with Crippen LogP contribution in [0.25, 0.3) is 0 Å². The Morgan fingerprint density at radius 2 is 2.33 bits per heavy atom. The summed E-state index contributed by atoms with van der Waals surface area (Å²) in [5, 5.41) is 3.29. The molecule has 3 heteroatoms. The second-order valence-corrected chi connectivity index (χ2v) is 3.34. The highest BCUT2D eigenvalue weighted by molar-refractivity contribution is 5.72. The molecule has 0 radical (unpaired) electrons. The second-order valence-electron chi connectivity index (χ2n) is 3.34. The number of carbonyl (C=O) groups is 1. The van der Waals surface area contributed by atoms with E-state index in [1.165, 1.54) is 12.8 Å². The highest BCUT2D eigenvalue weighted by Crippen LogP contribution is 2.18. The standard InChI is InChI=1S/C9H17NO2/c1-3-12-9(11)7(2)6-10-8-4-5-8/h7-8,10H,3-6H2,1-2H3/t7-/m1/s1. The molecule has 1 aliphatic carbocycles. The van der Waals surface area contributed by atoms with Crippen LogP contribution in [-0.2, 0) is 9.53 Å². The monoisotopic (exact) mass is 171 g/mol. The van der Waals surface area contributed by atoms with Crippen molar-refractivity contribution in [2.75, 3.05) is 13.2 Å². The maximum atomic E-state index is 11.1. The molecule has 70 valence electrons. The molecule has 1 N–H and O–H groups in total. The normalized spacial score (nSPS) is 18.8. The molecular weight excluding hydrogens is 154 g/mol. The first-order valence-electron chi connectivity index (χ1n) is 4.64. The summed E-state index contributed by atoms with van der Waals surface area (Å²) < 4.78 is 4.88. The summed E-state index contributed by atoms with van der Waals surface area (Å²) in [6.45, 7) is 4.96. The van der Waals surface area contributed by atoms with Crippen molar-refractivity contribution in [3.63, 3.8) is 0 Å². The molecule has 3 nitrogen and oxygen atoms in total. The third-order valence-corrected chi connectivity index (χ3v) is 1.98. The molecule has 0 bridgehead atoms. The van der Waals surface area contributed by atoms with Gasteiger partial charge in [0.15, 0.2) is 0 Å². The lowest BCUT2D eigenvalue weighted by Gasteiger charge is -2.10. The highest BCUT2D eigenvalue weighted by atomic mass is 16.5. The fourth-order valence-corrected chi connectivity index (χ4v) is 0.999. The number of esters is 1. The van der Waals surface area contributed by atoms with E-state index >= 15 is 0 Å². The van der Waals surface area contributed by atoms with Gasteiger partial charge in [-0.3, -0.25) is 4.79 Å². The Hall–Kier alpha value is -0.570. The number of hydrogen-bond acceptors (Lipinski definition) is 3. The van der Waals surface area contributed by atoms with Crippen LogP contribution < -0.4 is 5.32 Å². The molecular formula is C9H17NO2. The summed E-state index contributed by atoms with van der Waals surface area (Å²) in [6, 6.07) is 0.668. The van der Waals surface area contributed by atoms with Gasteiger partial charge in [-0.1, -0.05) is 6.92 Å². The van der Waals surface area contributed by atoms with Crippen molar-refractivity contribution in [3.05, 3.63) is 0 Å². The van der Waals surface area contributed by atoms with Crippen LogP contribution in [0.3, 0.4) is 0 Å². The lowest BCUT2D eigenvalue weighted by atomic mass is 10.2. The summed E-state index contributed by atoms with van der Waals surface area (Å²) in [6.07, 6.45) is 2.52. The van der Waals surface area contributed by atoms with Gasteiger partial charge in [-0.05, 0) is 19.8 Å². The first-order valence-corrected chi connectivity index (χ1v) is 4.64. The summed E-state index contributed by atoms with van der Waals surface area (Å²) in [5.41, 5.74) is 0. The van der Waals surface area contributed by atoms with Gasteiger partial charge in [-0.15, -0.1) is 0 Å². The van der Waals surface area contributed by atoms with E-state index in [2.05, 4.69) is 5.32 Å². The topological polar surface area (TPSA) is 38.3 Å². The fourth-order valence-electron chi connectivity index (χ4n) is 0.999. The van der Waals surface area contributed by atoms with Crippen molar-refractivity contribution < 1.29 is 9.53 Å². The molecule has 0 aliphatic heterocycles. The summed E-state index contributed by atoms with van der Waals surface area (Å²) in [4.78, 5) is 11.1. The number of ether oxygens (including phenoxy) is 1. The SMILES string of the molecule is CCOC(=O)[C@H](C)CNC1CC1. The predicted octanol–water partition coefficient (Wildman–Crippen LogP) is 0.938. The number of carbonyl (C=O) groups excluding carboxylic acids is 1. The Labute approximate surface area is 73.5 Å². The van der Waals surface area contributed by atoms with Crippen molar-refractivity contribution >= 4 is 5.97 Å². The van der Waals surface area contributed by atoms with Crippen LogP contribution in [0.15, 0.2) is 0 Å². The molecule has 12 heavy (non-hydrogen) atoms. The van der Waals surface area contributed by atoms with Gasteiger partial charge in [0.25, 0.3) is 0 Å². The van der Waals surface area contributed by atoms with E-state index in [0.717, 1.165) is 6.54 Å². The van der Waals surface area contributed by atoms with Crippen LogP contribution in [0.2, 0.25) is 0 Å². The third kappa shape index (κ3) is 3.22. The van der Waals surface area contributed by atoms with Crippen LogP contribution in [0, 0.1) is 5.92 Å². The van der Waals surface area contributed by atoms with Crippen molar-refractivity contribution in [2.24, 2.45) is 5.92 Å². The second kappa shape index (κ2) is 4.45. The Morgan fingerprint density at radius 1 is 1.67 bits per heavy atom. The number of rotatable bonds is 5.